The number of rotatable bonds is 6. The Morgan fingerprint density at radius 3 is 1.70 bits per heavy atom. The molecule has 4 heteroatoms. The molecule has 4 nitrogen and oxygen atoms in total. The van der Waals surface area contributed by atoms with Crippen LogP contribution in [0.4, 0.5) is 0 Å². The van der Waals surface area contributed by atoms with Crippen LogP contribution in [0.15, 0.2) is 188 Å². The van der Waals surface area contributed by atoms with Gasteiger partial charge in [0.25, 0.3) is 0 Å². The zero-order valence-corrected chi connectivity index (χ0v) is 31.6. The highest BCUT2D eigenvalue weighted by Gasteiger charge is 2.22. The lowest BCUT2D eigenvalue weighted by Gasteiger charge is -2.13. The molecule has 0 radical (unpaired) electrons. The van der Waals surface area contributed by atoms with Crippen molar-refractivity contribution in [1.82, 2.24) is 19.1 Å². The normalized spacial score (nSPS) is 12.9. The van der Waals surface area contributed by atoms with Gasteiger partial charge in [0.2, 0.25) is 5.95 Å². The van der Waals surface area contributed by atoms with Gasteiger partial charge in [-0.2, -0.15) is 0 Å². The maximum Gasteiger partial charge on any atom is 0.235 e. The van der Waals surface area contributed by atoms with Crippen LogP contribution < -0.4 is 0 Å². The predicted molar refractivity (Wildman–Crippen MR) is 238 cm³/mol. The third-order valence-corrected chi connectivity index (χ3v) is 11.5. The summed E-state index contributed by atoms with van der Waals surface area (Å²) in [5, 5.41) is 4.79. The van der Waals surface area contributed by atoms with Crippen LogP contribution in [0.1, 0.15) is 24.0 Å². The van der Waals surface area contributed by atoms with Gasteiger partial charge in [-0.05, 0) is 78.4 Å². The second-order valence-electron chi connectivity index (χ2n) is 15.0. The molecule has 0 aliphatic heterocycles. The summed E-state index contributed by atoms with van der Waals surface area (Å²) < 4.78 is 4.68. The number of hydrogen-bond acceptors (Lipinski definition) is 2. The Morgan fingerprint density at radius 1 is 0.456 bits per heavy atom. The second kappa shape index (κ2) is 13.5. The number of aryl methyl sites for hydroxylation is 1. The maximum atomic E-state index is 5.41. The highest BCUT2D eigenvalue weighted by molar-refractivity contribution is 6.26. The summed E-state index contributed by atoms with van der Waals surface area (Å²) in [6.07, 6.45) is 8.99. The Kier molecular flexibility index (Phi) is 7.82. The highest BCUT2D eigenvalue weighted by Crippen LogP contribution is 2.42. The van der Waals surface area contributed by atoms with Crippen molar-refractivity contribution in [3.05, 3.63) is 199 Å². The van der Waals surface area contributed by atoms with Crippen molar-refractivity contribution in [1.29, 1.82) is 0 Å². The van der Waals surface area contributed by atoms with Crippen LogP contribution >= 0.6 is 0 Å². The first-order chi connectivity index (χ1) is 28.2. The number of fused-ring (bicyclic) bond motifs is 7. The molecule has 1 aliphatic rings. The smallest absolute Gasteiger partial charge is 0.235 e. The van der Waals surface area contributed by atoms with Crippen LogP contribution in [-0.4, -0.2) is 19.1 Å². The molecule has 0 fully saturated rings. The van der Waals surface area contributed by atoms with Gasteiger partial charge >= 0.3 is 0 Å². The fourth-order valence-electron chi connectivity index (χ4n) is 8.64. The van der Waals surface area contributed by atoms with Crippen molar-refractivity contribution in [2.24, 2.45) is 0 Å². The molecule has 0 atom stereocenters. The van der Waals surface area contributed by atoms with Crippen LogP contribution in [0.5, 0.6) is 0 Å². The van der Waals surface area contributed by atoms with Crippen LogP contribution in [0.3, 0.4) is 0 Å². The molecule has 10 aromatic rings. The molecule has 0 spiro atoms. The van der Waals surface area contributed by atoms with Gasteiger partial charge in [-0.25, -0.2) is 9.97 Å². The van der Waals surface area contributed by atoms with E-state index in [-0.39, 0.29) is 0 Å². The number of para-hydroxylation sites is 3. The summed E-state index contributed by atoms with van der Waals surface area (Å²) in [7, 11) is 0. The zero-order chi connectivity index (χ0) is 37.9. The minimum Gasteiger partial charge on any atom is -0.309 e. The number of hydrogen-bond donors (Lipinski definition) is 0. The standard InChI is InChI=1S/C53H38N4/c1-35-20-22-37(23-21-35)39-26-30-41(31-27-39)47-34-46(40-28-24-38(25-29-40)36-12-4-2-5-13-36)54-53(55-47)57-49-19-11-9-17-45(49)51-50(57)33-32-44-43-16-8-10-18-48(43)56(52(44)51)42-14-6-3-7-15-42/h3-4,6-34H,2,5H2,1H3. The molecule has 0 amide bonds. The zero-order valence-electron chi connectivity index (χ0n) is 31.6. The quantitative estimate of drug-likeness (QED) is 0.171. The lowest BCUT2D eigenvalue weighted by Crippen LogP contribution is -2.04. The predicted octanol–water partition coefficient (Wildman–Crippen LogP) is 13.7. The summed E-state index contributed by atoms with van der Waals surface area (Å²) in [5.41, 5.74) is 15.6. The molecule has 11 rings (SSSR count). The topological polar surface area (TPSA) is 35.6 Å². The summed E-state index contributed by atoms with van der Waals surface area (Å²) >= 11 is 0. The van der Waals surface area contributed by atoms with E-state index in [4.69, 9.17) is 9.97 Å². The van der Waals surface area contributed by atoms with Gasteiger partial charge in [-0.1, -0.05) is 157 Å². The molecule has 0 saturated heterocycles. The Bertz CT molecular complexity index is 3200. The Hall–Kier alpha value is -7.30. The molecule has 0 unspecified atom stereocenters. The average Bonchev–Trinajstić information content (AvgIpc) is 3.80. The summed E-state index contributed by atoms with van der Waals surface area (Å²) in [4.78, 5) is 10.8. The molecule has 0 bridgehead atoms. The lowest BCUT2D eigenvalue weighted by molar-refractivity contribution is 0.996. The third kappa shape index (κ3) is 5.60. The summed E-state index contributed by atoms with van der Waals surface area (Å²) in [6, 6.07) is 61.1. The first-order valence-electron chi connectivity index (χ1n) is 19.7. The molecule has 7 aromatic carbocycles. The monoisotopic (exact) mass is 730 g/mol. The van der Waals surface area contributed by atoms with E-state index in [1.54, 1.807) is 0 Å². The fraction of sp³-hybridized carbons (Fsp3) is 0.0566. The Morgan fingerprint density at radius 2 is 1.04 bits per heavy atom. The van der Waals surface area contributed by atoms with Crippen molar-refractivity contribution in [2.45, 2.75) is 19.8 Å². The molecule has 0 saturated carbocycles. The molecule has 0 N–H and O–H groups in total. The highest BCUT2D eigenvalue weighted by atomic mass is 15.2. The van der Waals surface area contributed by atoms with E-state index < -0.39 is 0 Å². The van der Waals surface area contributed by atoms with Gasteiger partial charge in [0.15, 0.2) is 0 Å². The average molecular weight is 731 g/mol. The van der Waals surface area contributed by atoms with Crippen molar-refractivity contribution in [2.75, 3.05) is 0 Å². The van der Waals surface area contributed by atoms with Gasteiger partial charge in [0, 0.05) is 38.4 Å². The van der Waals surface area contributed by atoms with Gasteiger partial charge in [0.05, 0.1) is 33.5 Å². The SMILES string of the molecule is Cc1ccc(-c2ccc(-c3cc(-c4ccc(C5=CCCC=C5)cc4)nc(-n4c5ccccc5c5c4ccc4c6ccccc6n(-c6ccccc6)c45)n3)cc2)cc1. The van der Waals surface area contributed by atoms with Crippen molar-refractivity contribution in [3.8, 4) is 45.3 Å². The first-order valence-corrected chi connectivity index (χ1v) is 19.7. The van der Waals surface area contributed by atoms with Crippen molar-refractivity contribution >= 4 is 49.2 Å². The lowest BCUT2D eigenvalue weighted by atomic mass is 9.97. The van der Waals surface area contributed by atoms with Gasteiger partial charge < -0.3 is 4.57 Å². The fourth-order valence-corrected chi connectivity index (χ4v) is 8.64. The molecule has 3 aromatic heterocycles. The van der Waals surface area contributed by atoms with E-state index in [1.807, 2.05) is 0 Å². The van der Waals surface area contributed by atoms with Crippen molar-refractivity contribution in [3.63, 3.8) is 0 Å². The van der Waals surface area contributed by atoms with Gasteiger partial charge in [-0.15, -0.1) is 0 Å². The number of nitrogens with zero attached hydrogens (tertiary/aromatic N) is 4. The third-order valence-electron chi connectivity index (χ3n) is 11.5. The maximum absolute atomic E-state index is 5.41. The summed E-state index contributed by atoms with van der Waals surface area (Å²) in [6.45, 7) is 2.12. The van der Waals surface area contributed by atoms with E-state index in [0.29, 0.717) is 5.95 Å². The number of benzene rings is 7. The molecule has 1 aliphatic carbocycles. The molecular formula is C53H38N4. The van der Waals surface area contributed by atoms with E-state index in [2.05, 4.69) is 204 Å². The molecular weight excluding hydrogens is 693 g/mol. The van der Waals surface area contributed by atoms with Crippen LogP contribution in [0.25, 0.3) is 94.5 Å². The van der Waals surface area contributed by atoms with Crippen molar-refractivity contribution < 1.29 is 0 Å². The minimum atomic E-state index is 0.639. The molecule has 57 heavy (non-hydrogen) atoms. The van der Waals surface area contributed by atoms with Gasteiger partial charge in [0.1, 0.15) is 0 Å². The molecule has 3 heterocycles. The van der Waals surface area contributed by atoms with E-state index >= 15 is 0 Å². The largest absolute Gasteiger partial charge is 0.309 e. The second-order valence-corrected chi connectivity index (χ2v) is 15.0. The van der Waals surface area contributed by atoms with Crippen LogP contribution in [0.2, 0.25) is 0 Å². The van der Waals surface area contributed by atoms with Gasteiger partial charge in [-0.3, -0.25) is 4.57 Å². The Balaban J connectivity index is 1.15. The number of allylic oxidation sites excluding steroid dienone is 4. The van der Waals surface area contributed by atoms with Crippen LogP contribution in [0, 0.1) is 6.92 Å². The Labute approximate surface area is 331 Å². The van der Waals surface area contributed by atoms with E-state index in [0.717, 1.165) is 57.5 Å². The number of aromatic nitrogens is 4. The van der Waals surface area contributed by atoms with Crippen LogP contribution in [-0.2, 0) is 0 Å². The molecule has 270 valence electrons. The van der Waals surface area contributed by atoms with E-state index in [1.165, 1.54) is 55.0 Å². The first kappa shape index (κ1) is 33.1. The summed E-state index contributed by atoms with van der Waals surface area (Å²) in [5.74, 6) is 0.639. The van der Waals surface area contributed by atoms with E-state index in [9.17, 15) is 0 Å². The minimum absolute atomic E-state index is 0.639.